The lowest BCUT2D eigenvalue weighted by molar-refractivity contribution is 0.0981. The van der Waals surface area contributed by atoms with Gasteiger partial charge in [0.1, 0.15) is 0 Å². The number of nitrogens with zero attached hydrogens (tertiary/aromatic N) is 2. The Morgan fingerprint density at radius 3 is 2.43 bits per heavy atom. The number of fused-ring (bicyclic) bond motifs is 2. The average molecular weight is 419 g/mol. The number of hydrogen-bond donors (Lipinski definition) is 0. The Hall–Kier alpha value is -3.12. The summed E-state index contributed by atoms with van der Waals surface area (Å²) in [6.07, 6.45) is 1.44. The summed E-state index contributed by atoms with van der Waals surface area (Å²) in [5, 5.41) is 0. The third-order valence-electron chi connectivity index (χ3n) is 5.94. The van der Waals surface area contributed by atoms with Crippen molar-refractivity contribution >= 4 is 27.3 Å². The molecule has 5 rings (SSSR count). The Morgan fingerprint density at radius 1 is 0.900 bits per heavy atom. The molecule has 0 fully saturated rings. The lowest BCUT2D eigenvalue weighted by Gasteiger charge is -2.23. The second-order valence-electron chi connectivity index (χ2n) is 7.84. The molecule has 6 heteroatoms. The first-order valence-electron chi connectivity index (χ1n) is 10.1. The monoisotopic (exact) mass is 418 g/mol. The van der Waals surface area contributed by atoms with Crippen molar-refractivity contribution in [1.82, 2.24) is 0 Å². The van der Waals surface area contributed by atoms with Crippen LogP contribution in [0.3, 0.4) is 0 Å². The predicted octanol–water partition coefficient (Wildman–Crippen LogP) is 4.03. The Morgan fingerprint density at radius 2 is 1.63 bits per heavy atom. The predicted molar refractivity (Wildman–Crippen MR) is 118 cm³/mol. The number of benzene rings is 3. The first-order chi connectivity index (χ1) is 14.5. The number of rotatable bonds is 3. The molecule has 152 valence electrons. The van der Waals surface area contributed by atoms with Crippen LogP contribution in [-0.4, -0.2) is 26.9 Å². The van der Waals surface area contributed by atoms with Crippen molar-refractivity contribution in [3.05, 3.63) is 89.5 Å². The fraction of sp³-hybridized carbons (Fsp3) is 0.208. The van der Waals surface area contributed by atoms with Crippen LogP contribution in [0.5, 0.6) is 0 Å². The summed E-state index contributed by atoms with van der Waals surface area (Å²) in [6.45, 7) is 2.44. The van der Waals surface area contributed by atoms with E-state index in [1.165, 1.54) is 9.87 Å². The second-order valence-corrected chi connectivity index (χ2v) is 9.70. The molecule has 1 atom stereocenters. The lowest BCUT2D eigenvalue weighted by Crippen LogP contribution is -2.35. The molecule has 0 saturated heterocycles. The van der Waals surface area contributed by atoms with Gasteiger partial charge in [0.25, 0.3) is 15.9 Å². The minimum Gasteiger partial charge on any atom is -0.305 e. The molecule has 3 aromatic carbocycles. The second kappa shape index (κ2) is 6.99. The molecule has 0 bridgehead atoms. The molecule has 0 radical (unpaired) electrons. The van der Waals surface area contributed by atoms with E-state index in [9.17, 15) is 13.2 Å². The summed E-state index contributed by atoms with van der Waals surface area (Å²) in [4.78, 5) is 15.4. The van der Waals surface area contributed by atoms with Gasteiger partial charge >= 0.3 is 0 Å². The Balaban J connectivity index is 1.47. The van der Waals surface area contributed by atoms with Crippen LogP contribution in [-0.2, 0) is 22.9 Å². The van der Waals surface area contributed by atoms with Crippen LogP contribution >= 0.6 is 0 Å². The van der Waals surface area contributed by atoms with Gasteiger partial charge in [-0.3, -0.25) is 9.10 Å². The molecule has 2 heterocycles. The quantitative estimate of drug-likeness (QED) is 0.645. The van der Waals surface area contributed by atoms with Crippen molar-refractivity contribution in [2.45, 2.75) is 30.7 Å². The summed E-state index contributed by atoms with van der Waals surface area (Å²) in [5.74, 6) is -0.0420. The summed E-state index contributed by atoms with van der Waals surface area (Å²) in [5.41, 5.74) is 4.28. The van der Waals surface area contributed by atoms with E-state index < -0.39 is 10.0 Å². The topological polar surface area (TPSA) is 57.7 Å². The normalized spacial score (nSPS) is 17.7. The van der Waals surface area contributed by atoms with E-state index >= 15 is 0 Å². The fourth-order valence-electron chi connectivity index (χ4n) is 4.49. The Bertz CT molecular complexity index is 1240. The molecule has 0 N–H and O–H groups in total. The highest BCUT2D eigenvalue weighted by Crippen LogP contribution is 2.36. The zero-order valence-corrected chi connectivity index (χ0v) is 17.5. The van der Waals surface area contributed by atoms with Gasteiger partial charge in [-0.1, -0.05) is 36.4 Å². The molecular formula is C24H22N2O3S. The third kappa shape index (κ3) is 2.91. The van der Waals surface area contributed by atoms with E-state index in [1.807, 2.05) is 29.2 Å². The maximum absolute atomic E-state index is 13.3. The smallest absolute Gasteiger partial charge is 0.264 e. The molecule has 2 aliphatic heterocycles. The zero-order valence-electron chi connectivity index (χ0n) is 16.7. The van der Waals surface area contributed by atoms with Gasteiger partial charge < -0.3 is 4.90 Å². The largest absolute Gasteiger partial charge is 0.305 e. The SMILES string of the molecule is C[C@@H]1Cc2ccccc2N1C(=O)c1ccc2c(c1)CCN2S(=O)(=O)c1ccccc1. The molecule has 5 nitrogen and oxygen atoms in total. The van der Waals surface area contributed by atoms with E-state index in [1.54, 1.807) is 42.5 Å². The van der Waals surface area contributed by atoms with Crippen molar-refractivity contribution in [3.63, 3.8) is 0 Å². The van der Waals surface area contributed by atoms with Gasteiger partial charge in [0.2, 0.25) is 0 Å². The van der Waals surface area contributed by atoms with Crippen LogP contribution in [0.1, 0.15) is 28.4 Å². The van der Waals surface area contributed by atoms with Crippen molar-refractivity contribution < 1.29 is 13.2 Å². The number of sulfonamides is 1. The van der Waals surface area contributed by atoms with Crippen LogP contribution in [0, 0.1) is 0 Å². The van der Waals surface area contributed by atoms with E-state index in [2.05, 4.69) is 13.0 Å². The lowest BCUT2D eigenvalue weighted by atomic mass is 10.1. The first kappa shape index (κ1) is 18.9. The van der Waals surface area contributed by atoms with Crippen molar-refractivity contribution in [2.24, 2.45) is 0 Å². The highest BCUT2D eigenvalue weighted by molar-refractivity contribution is 7.92. The van der Waals surface area contributed by atoms with Gasteiger partial charge in [0.15, 0.2) is 0 Å². The number of amides is 1. The van der Waals surface area contributed by atoms with Crippen molar-refractivity contribution in [2.75, 3.05) is 15.7 Å². The minimum absolute atomic E-state index is 0.0420. The summed E-state index contributed by atoms with van der Waals surface area (Å²) in [6, 6.07) is 21.9. The van der Waals surface area contributed by atoms with Crippen molar-refractivity contribution in [1.29, 1.82) is 0 Å². The van der Waals surface area contributed by atoms with Gasteiger partial charge in [-0.05, 0) is 67.3 Å². The molecule has 2 aliphatic rings. The van der Waals surface area contributed by atoms with E-state index in [4.69, 9.17) is 0 Å². The number of carbonyl (C=O) groups excluding carboxylic acids is 1. The fourth-order valence-corrected chi connectivity index (χ4v) is 6.01. The van der Waals surface area contributed by atoms with Gasteiger partial charge in [-0.15, -0.1) is 0 Å². The molecule has 3 aromatic rings. The summed E-state index contributed by atoms with van der Waals surface area (Å²) in [7, 11) is -3.61. The third-order valence-corrected chi connectivity index (χ3v) is 7.76. The number of carbonyl (C=O) groups is 1. The molecule has 30 heavy (non-hydrogen) atoms. The molecular weight excluding hydrogens is 396 g/mol. The Labute approximate surface area is 176 Å². The maximum Gasteiger partial charge on any atom is 0.264 e. The summed E-state index contributed by atoms with van der Waals surface area (Å²) < 4.78 is 27.6. The van der Waals surface area contributed by atoms with Gasteiger partial charge in [-0.25, -0.2) is 8.42 Å². The Kier molecular flexibility index (Phi) is 4.40. The summed E-state index contributed by atoms with van der Waals surface area (Å²) >= 11 is 0. The maximum atomic E-state index is 13.3. The molecule has 0 aromatic heterocycles. The molecule has 1 amide bonds. The molecule has 0 saturated carbocycles. The first-order valence-corrected chi connectivity index (χ1v) is 11.5. The van der Waals surface area contributed by atoms with Crippen LogP contribution in [0.25, 0.3) is 0 Å². The molecule has 0 unspecified atom stereocenters. The standard InChI is InChI=1S/C24H22N2O3S/c1-17-15-18-7-5-6-10-23(18)26(17)24(27)20-11-12-22-19(16-20)13-14-25(22)30(28,29)21-8-3-2-4-9-21/h2-12,16-17H,13-15H2,1H3/t17-/m1/s1. The number of hydrogen-bond acceptors (Lipinski definition) is 3. The zero-order chi connectivity index (χ0) is 20.9. The van der Waals surface area contributed by atoms with E-state index in [0.29, 0.717) is 24.2 Å². The van der Waals surface area contributed by atoms with E-state index in [0.717, 1.165) is 17.7 Å². The van der Waals surface area contributed by atoms with Crippen LogP contribution in [0.2, 0.25) is 0 Å². The van der Waals surface area contributed by atoms with Crippen LogP contribution in [0.15, 0.2) is 77.7 Å². The van der Waals surface area contributed by atoms with Crippen LogP contribution < -0.4 is 9.21 Å². The van der Waals surface area contributed by atoms with Gasteiger partial charge in [0, 0.05) is 23.8 Å². The van der Waals surface area contributed by atoms with Crippen LogP contribution in [0.4, 0.5) is 11.4 Å². The van der Waals surface area contributed by atoms with E-state index in [-0.39, 0.29) is 16.8 Å². The van der Waals surface area contributed by atoms with Crippen molar-refractivity contribution in [3.8, 4) is 0 Å². The molecule has 0 spiro atoms. The highest BCUT2D eigenvalue weighted by Gasteiger charge is 2.34. The minimum atomic E-state index is -3.61. The average Bonchev–Trinajstić information content (AvgIpc) is 3.34. The number of para-hydroxylation sites is 1. The highest BCUT2D eigenvalue weighted by atomic mass is 32.2. The molecule has 0 aliphatic carbocycles. The number of anilines is 2. The van der Waals surface area contributed by atoms with Gasteiger partial charge in [0.05, 0.1) is 10.6 Å². The van der Waals surface area contributed by atoms with Gasteiger partial charge in [-0.2, -0.15) is 0 Å².